The number of hydrogen-bond acceptors (Lipinski definition) is 4. The number of carbonyl (C=O) groups excluding carboxylic acids is 1. The van der Waals surface area contributed by atoms with E-state index in [0.717, 1.165) is 16.7 Å². The first-order valence-electron chi connectivity index (χ1n) is 10.0. The van der Waals surface area contributed by atoms with Crippen molar-refractivity contribution in [2.75, 3.05) is 19.7 Å². The highest BCUT2D eigenvalue weighted by Crippen LogP contribution is 2.36. The Morgan fingerprint density at radius 1 is 1.16 bits per heavy atom. The maximum absolute atomic E-state index is 13.4. The zero-order chi connectivity index (χ0) is 21.8. The van der Waals surface area contributed by atoms with E-state index in [0.29, 0.717) is 23.6 Å². The molecule has 0 atom stereocenters. The van der Waals surface area contributed by atoms with Gasteiger partial charge in [0.1, 0.15) is 12.4 Å². The summed E-state index contributed by atoms with van der Waals surface area (Å²) in [5.41, 5.74) is 3.33. The molecule has 2 aliphatic rings. The molecule has 0 aliphatic carbocycles. The fourth-order valence-corrected chi connectivity index (χ4v) is 4.06. The molecule has 0 radical (unpaired) electrons. The molecule has 0 unspecified atom stereocenters. The largest absolute Gasteiger partial charge is 0.489 e. The first-order valence-corrected chi connectivity index (χ1v) is 10.0. The normalized spacial score (nSPS) is 17.8. The number of fused-ring (bicyclic) bond motifs is 2. The molecule has 1 amide bonds. The van der Waals surface area contributed by atoms with E-state index in [1.807, 2.05) is 18.2 Å². The average Bonchev–Trinajstić information content (AvgIpc) is 3.05. The Morgan fingerprint density at radius 3 is 2.71 bits per heavy atom. The van der Waals surface area contributed by atoms with Gasteiger partial charge < -0.3 is 9.64 Å². The van der Waals surface area contributed by atoms with Crippen molar-refractivity contribution in [3.05, 3.63) is 69.8 Å². The lowest BCUT2D eigenvalue weighted by molar-refractivity contribution is -0.0494. The van der Waals surface area contributed by atoms with Gasteiger partial charge in [0.15, 0.2) is 5.65 Å². The van der Waals surface area contributed by atoms with Crippen LogP contribution in [0.3, 0.4) is 0 Å². The van der Waals surface area contributed by atoms with Crippen LogP contribution in [0.1, 0.15) is 34.3 Å². The van der Waals surface area contributed by atoms with Gasteiger partial charge >= 0.3 is 5.69 Å². The van der Waals surface area contributed by atoms with Crippen LogP contribution in [-0.2, 0) is 7.05 Å². The SMILES string of the molecule is Cn1nc2cc(C3=CCOc4cc(C(=O)N5CCC(F)(F)CC5)ccc43)ccn2c1=O. The molecule has 9 heteroatoms. The first kappa shape index (κ1) is 19.5. The zero-order valence-corrected chi connectivity index (χ0v) is 16.8. The molecule has 0 spiro atoms. The van der Waals surface area contributed by atoms with Gasteiger partial charge in [-0.2, -0.15) is 5.10 Å². The van der Waals surface area contributed by atoms with Gasteiger partial charge in [-0.25, -0.2) is 18.3 Å². The highest BCUT2D eigenvalue weighted by molar-refractivity contribution is 5.96. The monoisotopic (exact) mass is 426 g/mol. The molecule has 4 heterocycles. The van der Waals surface area contributed by atoms with Crippen LogP contribution < -0.4 is 10.4 Å². The third kappa shape index (κ3) is 3.39. The van der Waals surface area contributed by atoms with Gasteiger partial charge in [0, 0.05) is 50.3 Å². The van der Waals surface area contributed by atoms with Gasteiger partial charge in [-0.3, -0.25) is 9.20 Å². The van der Waals surface area contributed by atoms with Crippen molar-refractivity contribution in [1.82, 2.24) is 19.1 Å². The Hall–Kier alpha value is -3.49. The van der Waals surface area contributed by atoms with E-state index in [9.17, 15) is 18.4 Å². The lowest BCUT2D eigenvalue weighted by Crippen LogP contribution is -2.42. The number of ether oxygens (including phenoxy) is 1. The van der Waals surface area contributed by atoms with Gasteiger partial charge in [0.05, 0.1) is 0 Å². The summed E-state index contributed by atoms with van der Waals surface area (Å²) in [4.78, 5) is 26.3. The average molecular weight is 426 g/mol. The number of benzene rings is 1. The number of nitrogens with zero attached hydrogens (tertiary/aromatic N) is 4. The molecular weight excluding hydrogens is 406 g/mol. The molecule has 2 aliphatic heterocycles. The van der Waals surface area contributed by atoms with Crippen LogP contribution in [0.15, 0.2) is 47.4 Å². The predicted octanol–water partition coefficient (Wildman–Crippen LogP) is 2.73. The highest BCUT2D eigenvalue weighted by atomic mass is 19.3. The van der Waals surface area contributed by atoms with E-state index in [1.54, 1.807) is 31.4 Å². The van der Waals surface area contributed by atoms with Gasteiger partial charge in [0.2, 0.25) is 0 Å². The Morgan fingerprint density at radius 2 is 1.94 bits per heavy atom. The summed E-state index contributed by atoms with van der Waals surface area (Å²) in [7, 11) is 1.60. The minimum absolute atomic E-state index is 0.0401. The number of hydrogen-bond donors (Lipinski definition) is 0. The van der Waals surface area contributed by atoms with Crippen LogP contribution in [0.4, 0.5) is 8.78 Å². The minimum atomic E-state index is -2.70. The maximum atomic E-state index is 13.4. The van der Waals surface area contributed by atoms with E-state index in [-0.39, 0.29) is 37.5 Å². The van der Waals surface area contributed by atoms with E-state index in [1.165, 1.54) is 14.0 Å². The molecule has 0 N–H and O–H groups in total. The fourth-order valence-electron chi connectivity index (χ4n) is 4.06. The Kier molecular flexibility index (Phi) is 4.42. The van der Waals surface area contributed by atoms with Crippen molar-refractivity contribution in [2.24, 2.45) is 7.05 Å². The van der Waals surface area contributed by atoms with Crippen molar-refractivity contribution in [2.45, 2.75) is 18.8 Å². The van der Waals surface area contributed by atoms with Crippen molar-refractivity contribution >= 4 is 17.1 Å². The third-order valence-corrected chi connectivity index (χ3v) is 5.81. The van der Waals surface area contributed by atoms with Crippen molar-refractivity contribution in [1.29, 1.82) is 0 Å². The highest BCUT2D eigenvalue weighted by Gasteiger charge is 2.36. The van der Waals surface area contributed by atoms with Crippen molar-refractivity contribution in [3.63, 3.8) is 0 Å². The number of pyridine rings is 1. The molecule has 2 aromatic heterocycles. The molecule has 1 saturated heterocycles. The number of likely N-dealkylation sites (tertiary alicyclic amines) is 1. The van der Waals surface area contributed by atoms with Crippen LogP contribution >= 0.6 is 0 Å². The summed E-state index contributed by atoms with van der Waals surface area (Å²) in [5.74, 6) is -2.41. The molecule has 5 rings (SSSR count). The molecule has 0 bridgehead atoms. The Labute approximate surface area is 176 Å². The van der Waals surface area contributed by atoms with Gasteiger partial charge in [-0.1, -0.05) is 0 Å². The quantitative estimate of drug-likeness (QED) is 0.632. The van der Waals surface area contributed by atoms with Gasteiger partial charge in [0.25, 0.3) is 11.8 Å². The second kappa shape index (κ2) is 7.04. The van der Waals surface area contributed by atoms with Gasteiger partial charge in [-0.15, -0.1) is 0 Å². The van der Waals surface area contributed by atoms with Crippen LogP contribution in [0.25, 0.3) is 11.2 Å². The summed E-state index contributed by atoms with van der Waals surface area (Å²) in [6, 6.07) is 8.83. The number of rotatable bonds is 2. The lowest BCUT2D eigenvalue weighted by atomic mass is 9.94. The van der Waals surface area contributed by atoms with E-state index in [2.05, 4.69) is 5.10 Å². The summed E-state index contributed by atoms with van der Waals surface area (Å²) in [6.07, 6.45) is 2.99. The van der Waals surface area contributed by atoms with Crippen LogP contribution in [0, 0.1) is 0 Å². The molecule has 31 heavy (non-hydrogen) atoms. The number of aromatic nitrogens is 3. The second-order valence-electron chi connectivity index (χ2n) is 7.84. The van der Waals surface area contributed by atoms with Crippen LogP contribution in [0.5, 0.6) is 5.75 Å². The van der Waals surface area contributed by atoms with E-state index in [4.69, 9.17) is 4.74 Å². The van der Waals surface area contributed by atoms with E-state index >= 15 is 0 Å². The first-order chi connectivity index (χ1) is 14.8. The molecular formula is C22H20F2N4O3. The summed E-state index contributed by atoms with van der Waals surface area (Å²) in [6.45, 7) is 0.410. The molecule has 1 aromatic carbocycles. The number of aryl methyl sites for hydroxylation is 1. The topological polar surface area (TPSA) is 68.8 Å². The number of amides is 1. The Bertz CT molecular complexity index is 1280. The van der Waals surface area contributed by atoms with Crippen LogP contribution in [0.2, 0.25) is 0 Å². The lowest BCUT2D eigenvalue weighted by Gasteiger charge is -2.32. The summed E-state index contributed by atoms with van der Waals surface area (Å²) >= 11 is 0. The number of halogens is 2. The molecule has 7 nitrogen and oxygen atoms in total. The number of alkyl halides is 2. The zero-order valence-electron chi connectivity index (χ0n) is 16.8. The summed E-state index contributed by atoms with van der Waals surface area (Å²) < 4.78 is 35.3. The van der Waals surface area contributed by atoms with Gasteiger partial charge in [-0.05, 0) is 47.5 Å². The standard InChI is InChI=1S/C22H20F2N4O3/c1-26-21(30)28-8-4-14(13-19(28)25-26)16-5-11-31-18-12-15(2-3-17(16)18)20(29)27-9-6-22(23,24)7-10-27/h2-5,8,12-13H,6-7,9-11H2,1H3. The molecule has 3 aromatic rings. The second-order valence-corrected chi connectivity index (χ2v) is 7.84. The predicted molar refractivity (Wildman–Crippen MR) is 110 cm³/mol. The maximum Gasteiger partial charge on any atom is 0.350 e. The third-order valence-electron chi connectivity index (χ3n) is 5.81. The summed E-state index contributed by atoms with van der Waals surface area (Å²) in [5, 5.41) is 4.23. The van der Waals surface area contributed by atoms with Crippen molar-refractivity contribution < 1.29 is 18.3 Å². The Balaban J connectivity index is 1.44. The number of carbonyl (C=O) groups is 1. The number of piperidine rings is 1. The van der Waals surface area contributed by atoms with E-state index < -0.39 is 5.92 Å². The fraction of sp³-hybridized carbons (Fsp3) is 0.318. The smallest absolute Gasteiger partial charge is 0.350 e. The van der Waals surface area contributed by atoms with Crippen molar-refractivity contribution in [3.8, 4) is 5.75 Å². The van der Waals surface area contributed by atoms with Crippen LogP contribution in [-0.4, -0.2) is 50.6 Å². The molecule has 160 valence electrons. The molecule has 0 saturated carbocycles. The minimum Gasteiger partial charge on any atom is -0.489 e. The molecule has 1 fully saturated rings.